The van der Waals surface area contributed by atoms with Crippen LogP contribution in [0.4, 0.5) is 5.13 Å². The van der Waals surface area contributed by atoms with Crippen molar-refractivity contribution in [2.45, 2.75) is 45.4 Å². The molecule has 10 heteroatoms. The molecule has 0 bridgehead atoms. The fourth-order valence-electron chi connectivity index (χ4n) is 3.86. The third-order valence-electron chi connectivity index (χ3n) is 6.26. The van der Waals surface area contributed by atoms with Gasteiger partial charge in [0.2, 0.25) is 10.0 Å². The summed E-state index contributed by atoms with van der Waals surface area (Å²) in [4.78, 5) is 22.6. The molecule has 0 saturated heterocycles. The number of anilines is 1. The number of aromatic nitrogens is 1. The Bertz CT molecular complexity index is 1240. The van der Waals surface area contributed by atoms with Crippen molar-refractivity contribution in [2.75, 3.05) is 44.7 Å². The van der Waals surface area contributed by atoms with Crippen LogP contribution in [0.15, 0.2) is 47.4 Å². The lowest BCUT2D eigenvalue weighted by atomic mass is 10.2. The second kappa shape index (κ2) is 13.5. The standard InChI is InChI=1S/C26H36N4O3S2.ClH/c1-6-9-17-28(5)35(32,33)22-15-13-21(14-16-22)25(31)30(19-18-29(7-2)8-3)26-27-24-20(4)11-10-12-23(24)34-26;/h10-16H,6-9,17-19H2,1-5H3;1H. The van der Waals surface area contributed by atoms with Gasteiger partial charge in [-0.1, -0.05) is 50.7 Å². The number of fused-ring (bicyclic) bond motifs is 1. The molecule has 7 nitrogen and oxygen atoms in total. The number of hydrogen-bond donors (Lipinski definition) is 0. The van der Waals surface area contributed by atoms with Crippen LogP contribution in [-0.4, -0.2) is 68.3 Å². The van der Waals surface area contributed by atoms with E-state index >= 15 is 0 Å². The maximum Gasteiger partial charge on any atom is 0.260 e. The predicted molar refractivity (Wildman–Crippen MR) is 152 cm³/mol. The molecule has 3 rings (SSSR count). The summed E-state index contributed by atoms with van der Waals surface area (Å²) in [6.45, 7) is 11.7. The van der Waals surface area contributed by atoms with Crippen LogP contribution in [0, 0.1) is 6.92 Å². The van der Waals surface area contributed by atoms with Crippen LogP contribution in [0.3, 0.4) is 0 Å². The van der Waals surface area contributed by atoms with Gasteiger partial charge in [-0.15, -0.1) is 12.4 Å². The molecule has 1 aromatic heterocycles. The molecule has 0 unspecified atom stereocenters. The third kappa shape index (κ3) is 6.83. The molecule has 0 aliphatic rings. The summed E-state index contributed by atoms with van der Waals surface area (Å²) in [7, 11) is -1.99. The Hall–Kier alpha value is -2.04. The van der Waals surface area contributed by atoms with Crippen molar-refractivity contribution in [3.05, 3.63) is 53.6 Å². The summed E-state index contributed by atoms with van der Waals surface area (Å²) in [5.74, 6) is -0.183. The normalized spacial score (nSPS) is 11.8. The molecular weight excluding hydrogens is 516 g/mol. The van der Waals surface area contributed by atoms with Gasteiger partial charge in [0.05, 0.1) is 15.1 Å². The van der Waals surface area contributed by atoms with E-state index in [1.807, 2.05) is 32.0 Å². The summed E-state index contributed by atoms with van der Waals surface area (Å²) >= 11 is 1.50. The lowest BCUT2D eigenvalue weighted by Crippen LogP contribution is -2.38. The average molecular weight is 553 g/mol. The molecule has 0 aliphatic heterocycles. The van der Waals surface area contributed by atoms with Gasteiger partial charge in [-0.3, -0.25) is 9.69 Å². The first-order valence-corrected chi connectivity index (χ1v) is 14.4. The zero-order valence-electron chi connectivity index (χ0n) is 21.7. The summed E-state index contributed by atoms with van der Waals surface area (Å²) in [5, 5.41) is 0.655. The fourth-order valence-corrected chi connectivity index (χ4v) is 6.14. The second-order valence-corrected chi connectivity index (χ2v) is 11.7. The number of para-hydroxylation sites is 1. The van der Waals surface area contributed by atoms with Crippen LogP contribution in [0.1, 0.15) is 49.5 Å². The number of unbranched alkanes of at least 4 members (excludes halogenated alkanes) is 1. The molecule has 1 amide bonds. The van der Waals surface area contributed by atoms with Crippen molar-refractivity contribution in [2.24, 2.45) is 0 Å². The second-order valence-electron chi connectivity index (χ2n) is 8.61. The van der Waals surface area contributed by atoms with Gasteiger partial charge in [0.15, 0.2) is 5.13 Å². The number of rotatable bonds is 12. The van der Waals surface area contributed by atoms with E-state index in [4.69, 9.17) is 4.98 Å². The molecule has 198 valence electrons. The van der Waals surface area contributed by atoms with E-state index in [1.165, 1.54) is 27.8 Å². The van der Waals surface area contributed by atoms with Gasteiger partial charge >= 0.3 is 0 Å². The molecule has 2 aromatic carbocycles. The molecule has 0 atom stereocenters. The van der Waals surface area contributed by atoms with E-state index < -0.39 is 10.0 Å². The minimum absolute atomic E-state index is 0. The number of amides is 1. The Morgan fingerprint density at radius 2 is 1.64 bits per heavy atom. The van der Waals surface area contributed by atoms with E-state index in [1.54, 1.807) is 24.1 Å². The lowest BCUT2D eigenvalue weighted by Gasteiger charge is -2.25. The van der Waals surface area contributed by atoms with Crippen molar-refractivity contribution in [3.63, 3.8) is 0 Å². The number of sulfonamides is 1. The molecule has 0 aliphatic carbocycles. The molecule has 1 heterocycles. The smallest absolute Gasteiger partial charge is 0.260 e. The number of carbonyl (C=O) groups is 1. The van der Waals surface area contributed by atoms with Gasteiger partial charge in [0, 0.05) is 32.2 Å². The summed E-state index contributed by atoms with van der Waals surface area (Å²) in [6.07, 6.45) is 1.72. The Kier molecular flexibility index (Phi) is 11.3. The zero-order chi connectivity index (χ0) is 25.6. The Morgan fingerprint density at radius 3 is 2.22 bits per heavy atom. The molecule has 0 spiro atoms. The van der Waals surface area contributed by atoms with E-state index in [2.05, 4.69) is 18.7 Å². The van der Waals surface area contributed by atoms with Crippen LogP contribution >= 0.6 is 23.7 Å². The Labute approximate surface area is 225 Å². The highest BCUT2D eigenvalue weighted by Crippen LogP contribution is 2.31. The summed E-state index contributed by atoms with van der Waals surface area (Å²) in [5.41, 5.74) is 2.42. The maximum atomic E-state index is 13.6. The van der Waals surface area contributed by atoms with Gasteiger partial charge in [-0.2, -0.15) is 0 Å². The average Bonchev–Trinajstić information content (AvgIpc) is 3.30. The Morgan fingerprint density at radius 1 is 0.972 bits per heavy atom. The first-order chi connectivity index (χ1) is 16.7. The largest absolute Gasteiger partial charge is 0.302 e. The highest BCUT2D eigenvalue weighted by Gasteiger charge is 2.24. The molecule has 3 aromatic rings. The van der Waals surface area contributed by atoms with Gasteiger partial charge in [0.25, 0.3) is 5.91 Å². The number of aryl methyl sites for hydroxylation is 1. The van der Waals surface area contributed by atoms with Crippen molar-refractivity contribution < 1.29 is 13.2 Å². The molecule has 0 fully saturated rings. The summed E-state index contributed by atoms with van der Waals surface area (Å²) < 4.78 is 28.1. The monoisotopic (exact) mass is 552 g/mol. The van der Waals surface area contributed by atoms with E-state index in [0.29, 0.717) is 23.8 Å². The van der Waals surface area contributed by atoms with Crippen molar-refractivity contribution in [1.29, 1.82) is 0 Å². The minimum Gasteiger partial charge on any atom is -0.302 e. The number of halogens is 1. The van der Waals surface area contributed by atoms with Crippen LogP contribution < -0.4 is 4.90 Å². The Balaban J connectivity index is 0.00000456. The van der Waals surface area contributed by atoms with E-state index in [-0.39, 0.29) is 23.2 Å². The number of nitrogens with zero attached hydrogens (tertiary/aromatic N) is 4. The number of benzene rings is 2. The van der Waals surface area contributed by atoms with Crippen molar-refractivity contribution in [1.82, 2.24) is 14.2 Å². The number of likely N-dealkylation sites (N-methyl/N-ethyl adjacent to an activating group) is 1. The van der Waals surface area contributed by atoms with Gasteiger partial charge in [-0.25, -0.2) is 17.7 Å². The van der Waals surface area contributed by atoms with Crippen LogP contribution in [0.5, 0.6) is 0 Å². The predicted octanol–water partition coefficient (Wildman–Crippen LogP) is 5.44. The third-order valence-corrected chi connectivity index (χ3v) is 9.17. The van der Waals surface area contributed by atoms with Gasteiger partial charge in [0.1, 0.15) is 0 Å². The first-order valence-electron chi connectivity index (χ1n) is 12.2. The van der Waals surface area contributed by atoms with E-state index in [9.17, 15) is 13.2 Å². The van der Waals surface area contributed by atoms with Crippen LogP contribution in [-0.2, 0) is 10.0 Å². The number of carbonyl (C=O) groups excluding carboxylic acids is 1. The van der Waals surface area contributed by atoms with Gasteiger partial charge in [-0.05, 0) is 62.3 Å². The fraction of sp³-hybridized carbons (Fsp3) is 0.462. The minimum atomic E-state index is -3.58. The highest BCUT2D eigenvalue weighted by molar-refractivity contribution is 7.89. The molecule has 0 N–H and O–H groups in total. The highest BCUT2D eigenvalue weighted by atomic mass is 35.5. The maximum absolute atomic E-state index is 13.6. The molecule has 36 heavy (non-hydrogen) atoms. The van der Waals surface area contributed by atoms with Crippen LogP contribution in [0.25, 0.3) is 10.2 Å². The SMILES string of the molecule is CCCCN(C)S(=O)(=O)c1ccc(C(=O)N(CCN(CC)CC)c2nc3c(C)cccc3s2)cc1.Cl. The van der Waals surface area contributed by atoms with E-state index in [0.717, 1.165) is 48.3 Å². The van der Waals surface area contributed by atoms with Crippen LogP contribution in [0.2, 0.25) is 0 Å². The lowest BCUT2D eigenvalue weighted by molar-refractivity contribution is 0.0983. The topological polar surface area (TPSA) is 73.8 Å². The van der Waals surface area contributed by atoms with Crippen molar-refractivity contribution >= 4 is 55.0 Å². The quantitative estimate of drug-likeness (QED) is 0.299. The van der Waals surface area contributed by atoms with Crippen molar-refractivity contribution in [3.8, 4) is 0 Å². The number of thiazole rings is 1. The summed E-state index contributed by atoms with van der Waals surface area (Å²) in [6, 6.07) is 12.3. The number of hydrogen-bond acceptors (Lipinski definition) is 6. The van der Waals surface area contributed by atoms with Gasteiger partial charge < -0.3 is 4.90 Å². The molecule has 0 saturated carbocycles. The first kappa shape index (κ1) is 30.2. The molecule has 0 radical (unpaired) electrons. The molecular formula is C26H37ClN4O3S2. The zero-order valence-corrected chi connectivity index (χ0v) is 24.2.